The van der Waals surface area contributed by atoms with Gasteiger partial charge in [0.2, 0.25) is 5.91 Å². The summed E-state index contributed by atoms with van der Waals surface area (Å²) in [4.78, 5) is 13.8. The molecule has 0 spiro atoms. The van der Waals surface area contributed by atoms with Gasteiger partial charge >= 0.3 is 0 Å². The number of amides is 1. The van der Waals surface area contributed by atoms with Crippen LogP contribution in [0.3, 0.4) is 0 Å². The Morgan fingerprint density at radius 1 is 1.09 bits per heavy atom. The Hall–Kier alpha value is -1.74. The van der Waals surface area contributed by atoms with Crippen molar-refractivity contribution in [1.82, 2.24) is 0 Å². The van der Waals surface area contributed by atoms with Crippen LogP contribution in [0.25, 0.3) is 0 Å². The summed E-state index contributed by atoms with van der Waals surface area (Å²) < 4.78 is 0. The van der Waals surface area contributed by atoms with Crippen LogP contribution < -0.4 is 5.32 Å². The van der Waals surface area contributed by atoms with Gasteiger partial charge in [-0.2, -0.15) is 0 Å². The lowest BCUT2D eigenvalue weighted by Crippen LogP contribution is -2.25. The maximum atomic E-state index is 12.6. The molecule has 22 heavy (non-hydrogen) atoms. The molecule has 0 radical (unpaired) electrons. The number of benzene rings is 2. The topological polar surface area (TPSA) is 29.1 Å². The molecule has 116 valence electrons. The number of rotatable bonds is 6. The molecule has 0 bridgehead atoms. The van der Waals surface area contributed by atoms with Gasteiger partial charge in [-0.15, -0.1) is 11.8 Å². The monoisotopic (exact) mass is 313 g/mol. The molecule has 0 aliphatic rings. The molecule has 1 unspecified atom stereocenters. The Kier molecular flexibility index (Phi) is 6.08. The number of aryl methyl sites for hydroxylation is 2. The van der Waals surface area contributed by atoms with Crippen molar-refractivity contribution in [2.24, 2.45) is 0 Å². The number of carbonyl (C=O) groups is 1. The molecule has 0 heterocycles. The molecule has 0 aliphatic carbocycles. The molecular formula is C19H23NOS. The van der Waals surface area contributed by atoms with Crippen LogP contribution in [-0.2, 0) is 11.2 Å². The molecule has 2 rings (SSSR count). The summed E-state index contributed by atoms with van der Waals surface area (Å²) in [5.74, 6) is 0.0837. The Labute approximate surface area is 137 Å². The number of nitrogens with one attached hydrogen (secondary N) is 1. The summed E-state index contributed by atoms with van der Waals surface area (Å²) in [5, 5.41) is 3.06. The number of hydrogen-bond acceptors (Lipinski definition) is 2. The van der Waals surface area contributed by atoms with E-state index in [1.54, 1.807) is 11.8 Å². The fourth-order valence-corrected chi connectivity index (χ4v) is 3.37. The van der Waals surface area contributed by atoms with Crippen LogP contribution in [0.4, 0.5) is 5.69 Å². The minimum Gasteiger partial charge on any atom is -0.325 e. The summed E-state index contributed by atoms with van der Waals surface area (Å²) in [7, 11) is 0. The second-order valence-corrected chi connectivity index (χ2v) is 6.56. The molecule has 2 nitrogen and oxygen atoms in total. The second-order valence-electron chi connectivity index (χ2n) is 5.28. The van der Waals surface area contributed by atoms with E-state index in [9.17, 15) is 4.79 Å². The average molecular weight is 313 g/mol. The molecule has 1 atom stereocenters. The van der Waals surface area contributed by atoms with Gasteiger partial charge in [0.1, 0.15) is 0 Å². The van der Waals surface area contributed by atoms with Crippen LogP contribution in [0, 0.1) is 6.92 Å². The Bertz CT molecular complexity index is 625. The molecule has 1 amide bonds. The predicted octanol–water partition coefficient (Wildman–Crippen LogP) is 5.07. The van der Waals surface area contributed by atoms with Gasteiger partial charge in [0.25, 0.3) is 0 Å². The standard InChI is InChI=1S/C19H23NOS/c1-4-15-11-9-10-14(3)18(15)20-19(21)17(5-2)22-16-12-7-6-8-13-16/h6-13,17H,4-5H2,1-3H3,(H,20,21). The lowest BCUT2D eigenvalue weighted by molar-refractivity contribution is -0.115. The van der Waals surface area contributed by atoms with Gasteiger partial charge in [0, 0.05) is 10.6 Å². The predicted molar refractivity (Wildman–Crippen MR) is 95.6 cm³/mol. The highest BCUT2D eigenvalue weighted by Crippen LogP contribution is 2.28. The van der Waals surface area contributed by atoms with E-state index in [0.29, 0.717) is 0 Å². The Morgan fingerprint density at radius 3 is 2.45 bits per heavy atom. The van der Waals surface area contributed by atoms with Crippen molar-refractivity contribution in [2.45, 2.75) is 43.8 Å². The fourth-order valence-electron chi connectivity index (χ4n) is 2.39. The van der Waals surface area contributed by atoms with Crippen LogP contribution in [0.1, 0.15) is 31.4 Å². The Balaban J connectivity index is 2.13. The van der Waals surface area contributed by atoms with Gasteiger partial charge in [-0.1, -0.05) is 50.2 Å². The van der Waals surface area contributed by atoms with E-state index in [1.807, 2.05) is 49.4 Å². The van der Waals surface area contributed by atoms with E-state index in [-0.39, 0.29) is 11.2 Å². The van der Waals surface area contributed by atoms with Gasteiger partial charge in [-0.05, 0) is 43.0 Å². The highest BCUT2D eigenvalue weighted by atomic mass is 32.2. The lowest BCUT2D eigenvalue weighted by atomic mass is 10.1. The largest absolute Gasteiger partial charge is 0.325 e. The summed E-state index contributed by atoms with van der Waals surface area (Å²) in [6.45, 7) is 6.21. The molecule has 1 N–H and O–H groups in total. The first kappa shape index (κ1) is 16.6. The van der Waals surface area contributed by atoms with E-state index in [2.05, 4.69) is 25.2 Å². The molecule has 2 aromatic carbocycles. The molecular weight excluding hydrogens is 290 g/mol. The lowest BCUT2D eigenvalue weighted by Gasteiger charge is -2.18. The van der Waals surface area contributed by atoms with Crippen molar-refractivity contribution < 1.29 is 4.79 Å². The van der Waals surface area contributed by atoms with E-state index < -0.39 is 0 Å². The van der Waals surface area contributed by atoms with Crippen LogP contribution in [0.2, 0.25) is 0 Å². The molecule has 0 saturated heterocycles. The first-order valence-electron chi connectivity index (χ1n) is 7.76. The second kappa shape index (κ2) is 8.04. The minimum atomic E-state index is -0.0771. The van der Waals surface area contributed by atoms with Gasteiger partial charge in [-0.3, -0.25) is 4.79 Å². The third-order valence-corrected chi connectivity index (χ3v) is 5.05. The number of anilines is 1. The zero-order valence-corrected chi connectivity index (χ0v) is 14.2. The zero-order valence-electron chi connectivity index (χ0n) is 13.4. The van der Waals surface area contributed by atoms with Crippen molar-refractivity contribution in [3.05, 3.63) is 59.7 Å². The smallest absolute Gasteiger partial charge is 0.237 e. The summed E-state index contributed by atoms with van der Waals surface area (Å²) in [6.07, 6.45) is 1.72. The van der Waals surface area contributed by atoms with Gasteiger partial charge in [0.05, 0.1) is 5.25 Å². The van der Waals surface area contributed by atoms with E-state index in [0.717, 1.165) is 29.0 Å². The summed E-state index contributed by atoms with van der Waals surface area (Å²) in [5.41, 5.74) is 3.28. The highest BCUT2D eigenvalue weighted by Gasteiger charge is 2.19. The quantitative estimate of drug-likeness (QED) is 0.755. The normalized spacial score (nSPS) is 12.0. The maximum Gasteiger partial charge on any atom is 0.237 e. The van der Waals surface area contributed by atoms with Crippen LogP contribution in [-0.4, -0.2) is 11.2 Å². The fraction of sp³-hybridized carbons (Fsp3) is 0.316. The first-order valence-corrected chi connectivity index (χ1v) is 8.64. The molecule has 3 heteroatoms. The van der Waals surface area contributed by atoms with Crippen molar-refractivity contribution in [3.63, 3.8) is 0 Å². The van der Waals surface area contributed by atoms with Crippen LogP contribution in [0.5, 0.6) is 0 Å². The molecule has 0 aliphatic heterocycles. The molecule has 0 fully saturated rings. The summed E-state index contributed by atoms with van der Waals surface area (Å²) >= 11 is 1.62. The van der Waals surface area contributed by atoms with E-state index in [4.69, 9.17) is 0 Å². The number of hydrogen-bond donors (Lipinski definition) is 1. The molecule has 0 saturated carbocycles. The number of para-hydroxylation sites is 1. The van der Waals surface area contributed by atoms with E-state index >= 15 is 0 Å². The van der Waals surface area contributed by atoms with Gasteiger partial charge in [-0.25, -0.2) is 0 Å². The van der Waals surface area contributed by atoms with Crippen molar-refractivity contribution in [1.29, 1.82) is 0 Å². The Morgan fingerprint density at radius 2 is 1.82 bits per heavy atom. The van der Waals surface area contributed by atoms with Crippen LogP contribution >= 0.6 is 11.8 Å². The van der Waals surface area contributed by atoms with E-state index in [1.165, 1.54) is 5.56 Å². The number of carbonyl (C=O) groups excluding carboxylic acids is 1. The third-order valence-electron chi connectivity index (χ3n) is 3.67. The van der Waals surface area contributed by atoms with Crippen molar-refractivity contribution >= 4 is 23.4 Å². The summed E-state index contributed by atoms with van der Waals surface area (Å²) in [6, 6.07) is 16.3. The highest BCUT2D eigenvalue weighted by molar-refractivity contribution is 8.00. The average Bonchev–Trinajstić information content (AvgIpc) is 2.55. The first-order chi connectivity index (χ1) is 10.7. The van der Waals surface area contributed by atoms with Crippen molar-refractivity contribution in [3.8, 4) is 0 Å². The SMILES string of the molecule is CCc1cccc(C)c1NC(=O)C(CC)Sc1ccccc1. The van der Waals surface area contributed by atoms with Crippen molar-refractivity contribution in [2.75, 3.05) is 5.32 Å². The zero-order chi connectivity index (χ0) is 15.9. The minimum absolute atomic E-state index is 0.0771. The molecule has 2 aromatic rings. The van der Waals surface area contributed by atoms with Gasteiger partial charge < -0.3 is 5.32 Å². The number of thioether (sulfide) groups is 1. The van der Waals surface area contributed by atoms with Crippen LogP contribution in [0.15, 0.2) is 53.4 Å². The third kappa shape index (κ3) is 4.14. The maximum absolute atomic E-state index is 12.6. The van der Waals surface area contributed by atoms with Gasteiger partial charge in [0.15, 0.2) is 0 Å². The molecule has 0 aromatic heterocycles.